The van der Waals surface area contributed by atoms with Crippen molar-refractivity contribution in [3.8, 4) is 22.8 Å². The van der Waals surface area contributed by atoms with Gasteiger partial charge in [-0.2, -0.15) is 0 Å². The molecule has 3 heterocycles. The number of nitrogens with zero attached hydrogens (tertiary/aromatic N) is 4. The number of nitrogens with one attached hydrogen (secondary N) is 1. The third kappa shape index (κ3) is 4.69. The van der Waals surface area contributed by atoms with E-state index in [1.807, 2.05) is 6.07 Å². The number of ether oxygens (including phenoxy) is 1. The quantitative estimate of drug-likeness (QED) is 0.435. The van der Waals surface area contributed by atoms with Crippen molar-refractivity contribution in [2.45, 2.75) is 44.6 Å². The maximum atomic E-state index is 13.5. The van der Waals surface area contributed by atoms with E-state index in [0.29, 0.717) is 27.9 Å². The molecule has 1 aromatic carbocycles. The summed E-state index contributed by atoms with van der Waals surface area (Å²) >= 11 is 0. The van der Waals surface area contributed by atoms with Gasteiger partial charge in [-0.25, -0.2) is 18.7 Å². The molecule has 0 saturated heterocycles. The largest absolute Gasteiger partial charge is 0.461 e. The minimum atomic E-state index is -1.47. The molecule has 0 aliphatic heterocycles. The Hall–Kier alpha value is -3.92. The standard InChI is InChI=1S/C25H24F2N6O2/c1-14(26)35-18-5-2-4-15(8-18)19-13-33(25-30-11-17(27)12-31-25)22-9-16(10-29-23(19)22)24(34)32-21-7-3-6-20(21)28/h2,4-5,8-14,20-21H,3,6-7,28H2,1H3,(H,32,34)/t14?,20-,21+/m0/s1. The lowest BCUT2D eigenvalue weighted by atomic mass is 10.1. The number of rotatable bonds is 6. The summed E-state index contributed by atoms with van der Waals surface area (Å²) in [5.41, 5.74) is 8.99. The van der Waals surface area contributed by atoms with Gasteiger partial charge in [0.2, 0.25) is 12.3 Å². The first-order chi connectivity index (χ1) is 16.9. The molecule has 3 aromatic heterocycles. The fourth-order valence-corrected chi connectivity index (χ4v) is 4.38. The molecule has 1 aliphatic rings. The molecular weight excluding hydrogens is 454 g/mol. The van der Waals surface area contributed by atoms with Crippen LogP contribution >= 0.6 is 0 Å². The van der Waals surface area contributed by atoms with E-state index in [2.05, 4.69) is 20.3 Å². The van der Waals surface area contributed by atoms with Crippen LogP contribution in [0.3, 0.4) is 0 Å². The summed E-state index contributed by atoms with van der Waals surface area (Å²) < 4.78 is 33.7. The first-order valence-corrected chi connectivity index (χ1v) is 11.4. The second-order valence-corrected chi connectivity index (χ2v) is 8.57. The Morgan fingerprint density at radius 1 is 1.20 bits per heavy atom. The Bertz CT molecular complexity index is 1370. The molecule has 3 N–H and O–H groups in total. The Morgan fingerprint density at radius 3 is 2.71 bits per heavy atom. The third-order valence-corrected chi connectivity index (χ3v) is 6.05. The minimum Gasteiger partial charge on any atom is -0.461 e. The van der Waals surface area contributed by atoms with Gasteiger partial charge in [0.15, 0.2) is 5.82 Å². The zero-order chi connectivity index (χ0) is 24.5. The van der Waals surface area contributed by atoms with Gasteiger partial charge < -0.3 is 15.8 Å². The van der Waals surface area contributed by atoms with Crippen LogP contribution in [0.2, 0.25) is 0 Å². The molecule has 0 bridgehead atoms. The average molecular weight is 479 g/mol. The van der Waals surface area contributed by atoms with Gasteiger partial charge in [-0.3, -0.25) is 14.3 Å². The predicted molar refractivity (Wildman–Crippen MR) is 126 cm³/mol. The molecule has 1 fully saturated rings. The Kier molecular flexibility index (Phi) is 6.12. The van der Waals surface area contributed by atoms with Gasteiger partial charge in [0.1, 0.15) is 5.75 Å². The van der Waals surface area contributed by atoms with Crippen molar-refractivity contribution in [2.24, 2.45) is 5.73 Å². The molecule has 180 valence electrons. The molecule has 0 spiro atoms. The van der Waals surface area contributed by atoms with Gasteiger partial charge >= 0.3 is 0 Å². The van der Waals surface area contributed by atoms with Crippen LogP contribution < -0.4 is 15.8 Å². The van der Waals surface area contributed by atoms with E-state index in [1.54, 1.807) is 35.0 Å². The highest BCUT2D eigenvalue weighted by Gasteiger charge is 2.26. The van der Waals surface area contributed by atoms with E-state index in [4.69, 9.17) is 10.5 Å². The Morgan fingerprint density at radius 2 is 2.00 bits per heavy atom. The fourth-order valence-electron chi connectivity index (χ4n) is 4.38. The van der Waals surface area contributed by atoms with Gasteiger partial charge in [0.05, 0.1) is 29.0 Å². The van der Waals surface area contributed by atoms with E-state index >= 15 is 0 Å². The number of halogens is 2. The number of carbonyl (C=O) groups is 1. The summed E-state index contributed by atoms with van der Waals surface area (Å²) in [5, 5.41) is 2.99. The fraction of sp³-hybridized carbons (Fsp3) is 0.280. The highest BCUT2D eigenvalue weighted by atomic mass is 19.1. The smallest absolute Gasteiger partial charge is 0.253 e. The number of aromatic nitrogens is 4. The number of alkyl halides is 1. The molecule has 4 aromatic rings. The van der Waals surface area contributed by atoms with Crippen molar-refractivity contribution in [1.29, 1.82) is 0 Å². The van der Waals surface area contributed by atoms with E-state index < -0.39 is 12.2 Å². The molecule has 0 radical (unpaired) electrons. The van der Waals surface area contributed by atoms with Crippen LogP contribution in [0.1, 0.15) is 36.5 Å². The Labute approximate surface area is 200 Å². The maximum absolute atomic E-state index is 13.5. The normalized spacial score (nSPS) is 18.5. The second kappa shape index (κ2) is 9.38. The number of hydrogen-bond donors (Lipinski definition) is 2. The van der Waals surface area contributed by atoms with E-state index in [1.165, 1.54) is 13.1 Å². The summed E-state index contributed by atoms with van der Waals surface area (Å²) in [5.74, 6) is -0.268. The van der Waals surface area contributed by atoms with Crippen LogP contribution in [0.5, 0.6) is 5.75 Å². The van der Waals surface area contributed by atoms with Crippen molar-refractivity contribution >= 4 is 16.9 Å². The van der Waals surface area contributed by atoms with Gasteiger partial charge in [0, 0.05) is 37.0 Å². The number of nitrogens with two attached hydrogens (primary N) is 1. The summed E-state index contributed by atoms with van der Waals surface area (Å²) in [4.78, 5) is 25.7. The number of fused-ring (bicyclic) bond motifs is 1. The van der Waals surface area contributed by atoms with Crippen LogP contribution in [-0.4, -0.2) is 43.9 Å². The molecule has 1 saturated carbocycles. The Balaban J connectivity index is 1.60. The average Bonchev–Trinajstić information content (AvgIpc) is 3.42. The topological polar surface area (TPSA) is 108 Å². The predicted octanol–water partition coefficient (Wildman–Crippen LogP) is 3.93. The molecular formula is C25H24F2N6O2. The molecule has 1 aliphatic carbocycles. The lowest BCUT2D eigenvalue weighted by molar-refractivity contribution is 0.0860. The van der Waals surface area contributed by atoms with Crippen LogP contribution in [0.15, 0.2) is 55.1 Å². The van der Waals surface area contributed by atoms with Gasteiger partial charge in [0.25, 0.3) is 5.91 Å². The zero-order valence-corrected chi connectivity index (χ0v) is 19.0. The SMILES string of the molecule is CC(F)Oc1cccc(-c2cn(-c3ncc(F)cn3)c3cc(C(=O)N[C@@H]4CCC[C@@H]4N)cnc23)c1. The minimum absolute atomic E-state index is 0.0692. The highest BCUT2D eigenvalue weighted by molar-refractivity contribution is 6.00. The lowest BCUT2D eigenvalue weighted by Crippen LogP contribution is -2.44. The van der Waals surface area contributed by atoms with Crippen LogP contribution in [0, 0.1) is 5.82 Å². The van der Waals surface area contributed by atoms with Crippen LogP contribution in [-0.2, 0) is 0 Å². The summed E-state index contributed by atoms with van der Waals surface area (Å²) in [6.07, 6.45) is 6.60. The van der Waals surface area contributed by atoms with Crippen molar-refractivity contribution in [3.05, 3.63) is 66.5 Å². The molecule has 3 atom stereocenters. The van der Waals surface area contributed by atoms with E-state index in [-0.39, 0.29) is 23.9 Å². The maximum Gasteiger partial charge on any atom is 0.253 e. The van der Waals surface area contributed by atoms with Crippen molar-refractivity contribution in [2.75, 3.05) is 0 Å². The lowest BCUT2D eigenvalue weighted by Gasteiger charge is -2.17. The number of carbonyl (C=O) groups excluding carboxylic acids is 1. The second-order valence-electron chi connectivity index (χ2n) is 8.57. The molecule has 1 amide bonds. The molecule has 10 heteroatoms. The summed E-state index contributed by atoms with van der Waals surface area (Å²) in [7, 11) is 0. The first-order valence-electron chi connectivity index (χ1n) is 11.4. The van der Waals surface area contributed by atoms with Gasteiger partial charge in [-0.1, -0.05) is 12.1 Å². The molecule has 35 heavy (non-hydrogen) atoms. The monoisotopic (exact) mass is 478 g/mol. The zero-order valence-electron chi connectivity index (χ0n) is 19.0. The van der Waals surface area contributed by atoms with Crippen molar-refractivity contribution in [3.63, 3.8) is 0 Å². The first kappa shape index (κ1) is 22.9. The number of hydrogen-bond acceptors (Lipinski definition) is 6. The van der Waals surface area contributed by atoms with E-state index in [9.17, 15) is 13.6 Å². The molecule has 5 rings (SSSR count). The van der Waals surface area contributed by atoms with Crippen LogP contribution in [0.4, 0.5) is 8.78 Å². The van der Waals surface area contributed by atoms with Gasteiger partial charge in [-0.15, -0.1) is 0 Å². The number of pyridine rings is 1. The highest BCUT2D eigenvalue weighted by Crippen LogP contribution is 2.33. The summed E-state index contributed by atoms with van der Waals surface area (Å²) in [6.45, 7) is 1.30. The van der Waals surface area contributed by atoms with Gasteiger partial charge in [-0.05, 0) is 43.0 Å². The third-order valence-electron chi connectivity index (χ3n) is 6.05. The molecule has 8 nitrogen and oxygen atoms in total. The van der Waals surface area contributed by atoms with Crippen molar-refractivity contribution in [1.82, 2.24) is 24.8 Å². The van der Waals surface area contributed by atoms with E-state index in [0.717, 1.165) is 37.2 Å². The summed E-state index contributed by atoms with van der Waals surface area (Å²) in [6, 6.07) is 8.48. The molecule has 1 unspecified atom stereocenters. The van der Waals surface area contributed by atoms with Crippen molar-refractivity contribution < 1.29 is 18.3 Å². The number of amides is 1. The number of benzene rings is 1. The van der Waals surface area contributed by atoms with Crippen LogP contribution in [0.25, 0.3) is 28.1 Å².